The van der Waals surface area contributed by atoms with Crippen LogP contribution in [0.15, 0.2) is 0 Å². The number of hydrogen-bond acceptors (Lipinski definition) is 4. The number of hydrogen-bond donors (Lipinski definition) is 2. The van der Waals surface area contributed by atoms with Gasteiger partial charge in [-0.25, -0.2) is 0 Å². The van der Waals surface area contributed by atoms with E-state index in [-0.39, 0.29) is 5.60 Å². The van der Waals surface area contributed by atoms with Gasteiger partial charge in [-0.2, -0.15) is 0 Å². The van der Waals surface area contributed by atoms with E-state index in [4.69, 9.17) is 9.47 Å². The molecule has 0 bridgehead atoms. The zero-order valence-electron chi connectivity index (χ0n) is 10.4. The highest BCUT2D eigenvalue weighted by molar-refractivity contribution is 4.63. The van der Waals surface area contributed by atoms with Crippen molar-refractivity contribution in [2.75, 3.05) is 33.4 Å². The zero-order valence-corrected chi connectivity index (χ0v) is 10.4. The molecule has 0 spiro atoms. The van der Waals surface area contributed by atoms with Crippen LogP contribution in [0.3, 0.4) is 0 Å². The molecule has 0 aromatic heterocycles. The lowest BCUT2D eigenvalue weighted by Crippen LogP contribution is -2.34. The molecule has 0 aromatic rings. The highest BCUT2D eigenvalue weighted by atomic mass is 16.5. The first kappa shape index (κ1) is 14.8. The van der Waals surface area contributed by atoms with E-state index in [0.717, 1.165) is 19.6 Å². The summed E-state index contributed by atoms with van der Waals surface area (Å²) in [6.45, 7) is 8.49. The Morgan fingerprint density at radius 1 is 1.33 bits per heavy atom. The fourth-order valence-electron chi connectivity index (χ4n) is 1.02. The van der Waals surface area contributed by atoms with E-state index in [9.17, 15) is 5.11 Å². The molecule has 0 fully saturated rings. The van der Waals surface area contributed by atoms with Gasteiger partial charge in [0.2, 0.25) is 0 Å². The van der Waals surface area contributed by atoms with Crippen molar-refractivity contribution in [3.05, 3.63) is 0 Å². The summed E-state index contributed by atoms with van der Waals surface area (Å²) in [6, 6.07) is 0. The quantitative estimate of drug-likeness (QED) is 0.593. The monoisotopic (exact) mass is 219 g/mol. The van der Waals surface area contributed by atoms with Crippen molar-refractivity contribution in [3.8, 4) is 0 Å². The van der Waals surface area contributed by atoms with Crippen molar-refractivity contribution in [2.45, 2.75) is 38.9 Å². The van der Waals surface area contributed by atoms with E-state index in [1.807, 2.05) is 20.8 Å². The van der Waals surface area contributed by atoms with Gasteiger partial charge >= 0.3 is 0 Å². The Labute approximate surface area is 93.0 Å². The molecule has 1 atom stereocenters. The van der Waals surface area contributed by atoms with Crippen LogP contribution >= 0.6 is 0 Å². The van der Waals surface area contributed by atoms with Crippen LogP contribution in [-0.4, -0.2) is 50.2 Å². The largest absolute Gasteiger partial charge is 0.389 e. The number of nitrogens with one attached hydrogen (secondary N) is 1. The Balaban J connectivity index is 3.30. The lowest BCUT2D eigenvalue weighted by molar-refractivity contribution is -0.0478. The first-order valence-electron chi connectivity index (χ1n) is 5.47. The van der Waals surface area contributed by atoms with Crippen LogP contribution in [-0.2, 0) is 9.47 Å². The number of aliphatic hydroxyl groups excluding tert-OH is 1. The molecule has 0 aliphatic carbocycles. The zero-order chi connectivity index (χ0) is 11.7. The molecule has 15 heavy (non-hydrogen) atoms. The fourth-order valence-corrected chi connectivity index (χ4v) is 1.02. The summed E-state index contributed by atoms with van der Waals surface area (Å²) < 4.78 is 10.4. The number of rotatable bonds is 8. The molecule has 0 aliphatic rings. The standard InChI is InChI=1S/C11H25NO3/c1-11(2,3)15-9-10(13)8-12-6-5-7-14-4/h10,12-13H,5-9H2,1-4H3. The van der Waals surface area contributed by atoms with E-state index in [1.165, 1.54) is 0 Å². The molecule has 1 unspecified atom stereocenters. The fraction of sp³-hybridized carbons (Fsp3) is 1.00. The summed E-state index contributed by atoms with van der Waals surface area (Å²) in [5, 5.41) is 12.7. The molecular formula is C11H25NO3. The third kappa shape index (κ3) is 11.8. The summed E-state index contributed by atoms with van der Waals surface area (Å²) in [4.78, 5) is 0. The Kier molecular flexibility index (Phi) is 7.96. The van der Waals surface area contributed by atoms with Crippen molar-refractivity contribution in [2.24, 2.45) is 0 Å². The minimum atomic E-state index is -0.438. The molecule has 0 saturated carbocycles. The third-order valence-electron chi connectivity index (χ3n) is 1.79. The predicted octanol–water partition coefficient (Wildman–Crippen LogP) is 0.788. The summed E-state index contributed by atoms with van der Waals surface area (Å²) in [5.41, 5.74) is -0.184. The Morgan fingerprint density at radius 3 is 2.53 bits per heavy atom. The van der Waals surface area contributed by atoms with Gasteiger partial charge in [-0.1, -0.05) is 0 Å². The average molecular weight is 219 g/mol. The number of ether oxygens (including phenoxy) is 2. The number of methoxy groups -OCH3 is 1. The molecule has 0 radical (unpaired) electrons. The van der Waals surface area contributed by atoms with Crippen molar-refractivity contribution in [1.82, 2.24) is 5.32 Å². The molecule has 0 amide bonds. The van der Waals surface area contributed by atoms with Gasteiger partial charge in [-0.15, -0.1) is 0 Å². The molecular weight excluding hydrogens is 194 g/mol. The van der Waals surface area contributed by atoms with E-state index < -0.39 is 6.10 Å². The topological polar surface area (TPSA) is 50.7 Å². The maximum atomic E-state index is 9.55. The highest BCUT2D eigenvalue weighted by Gasteiger charge is 2.12. The maximum Gasteiger partial charge on any atom is 0.0897 e. The van der Waals surface area contributed by atoms with Crippen LogP contribution in [0.25, 0.3) is 0 Å². The van der Waals surface area contributed by atoms with Gasteiger partial charge in [0.25, 0.3) is 0 Å². The van der Waals surface area contributed by atoms with Crippen LogP contribution in [0.4, 0.5) is 0 Å². The van der Waals surface area contributed by atoms with Crippen molar-refractivity contribution >= 4 is 0 Å². The summed E-state index contributed by atoms with van der Waals surface area (Å²) >= 11 is 0. The first-order chi connectivity index (χ1) is 6.95. The average Bonchev–Trinajstić information content (AvgIpc) is 2.13. The normalized spacial score (nSPS) is 14.2. The second-order valence-corrected chi connectivity index (χ2v) is 4.63. The second kappa shape index (κ2) is 8.05. The van der Waals surface area contributed by atoms with Crippen LogP contribution in [0, 0.1) is 0 Å². The van der Waals surface area contributed by atoms with Gasteiger partial charge in [0.1, 0.15) is 0 Å². The van der Waals surface area contributed by atoms with Gasteiger partial charge in [-0.05, 0) is 33.7 Å². The lowest BCUT2D eigenvalue weighted by Gasteiger charge is -2.22. The van der Waals surface area contributed by atoms with Gasteiger partial charge in [0.15, 0.2) is 0 Å². The maximum absolute atomic E-state index is 9.55. The van der Waals surface area contributed by atoms with Crippen LogP contribution in [0.2, 0.25) is 0 Å². The molecule has 4 heteroatoms. The predicted molar refractivity (Wildman–Crippen MR) is 61.1 cm³/mol. The van der Waals surface area contributed by atoms with E-state index in [1.54, 1.807) is 7.11 Å². The third-order valence-corrected chi connectivity index (χ3v) is 1.79. The van der Waals surface area contributed by atoms with E-state index >= 15 is 0 Å². The van der Waals surface area contributed by atoms with Gasteiger partial charge in [-0.3, -0.25) is 0 Å². The SMILES string of the molecule is COCCCNCC(O)COC(C)(C)C. The van der Waals surface area contributed by atoms with Crippen molar-refractivity contribution in [1.29, 1.82) is 0 Å². The molecule has 0 heterocycles. The molecule has 0 rings (SSSR count). The molecule has 4 nitrogen and oxygen atoms in total. The molecule has 0 aromatic carbocycles. The van der Waals surface area contributed by atoms with Gasteiger partial charge in [0, 0.05) is 20.3 Å². The molecule has 0 aliphatic heterocycles. The van der Waals surface area contributed by atoms with Crippen molar-refractivity contribution < 1.29 is 14.6 Å². The summed E-state index contributed by atoms with van der Waals surface area (Å²) in [5.74, 6) is 0. The first-order valence-corrected chi connectivity index (χ1v) is 5.47. The number of aliphatic hydroxyl groups is 1. The summed E-state index contributed by atoms with van der Waals surface area (Å²) in [6.07, 6.45) is 0.523. The Bertz CT molecular complexity index is 145. The molecule has 0 saturated heterocycles. The smallest absolute Gasteiger partial charge is 0.0897 e. The summed E-state index contributed by atoms with van der Waals surface area (Å²) in [7, 11) is 1.69. The van der Waals surface area contributed by atoms with E-state index in [0.29, 0.717) is 13.2 Å². The van der Waals surface area contributed by atoms with Gasteiger partial charge in [0.05, 0.1) is 18.3 Å². The van der Waals surface area contributed by atoms with Crippen LogP contribution < -0.4 is 5.32 Å². The van der Waals surface area contributed by atoms with Crippen LogP contribution in [0.1, 0.15) is 27.2 Å². The lowest BCUT2D eigenvalue weighted by atomic mass is 10.2. The van der Waals surface area contributed by atoms with Gasteiger partial charge < -0.3 is 19.9 Å². The minimum Gasteiger partial charge on any atom is -0.389 e. The van der Waals surface area contributed by atoms with Crippen molar-refractivity contribution in [3.63, 3.8) is 0 Å². The molecule has 2 N–H and O–H groups in total. The van der Waals surface area contributed by atoms with E-state index in [2.05, 4.69) is 5.32 Å². The Morgan fingerprint density at radius 2 is 2.00 bits per heavy atom. The Hall–Kier alpha value is -0.160. The van der Waals surface area contributed by atoms with Crippen LogP contribution in [0.5, 0.6) is 0 Å². The second-order valence-electron chi connectivity index (χ2n) is 4.63. The highest BCUT2D eigenvalue weighted by Crippen LogP contribution is 2.06. The minimum absolute atomic E-state index is 0.184. The molecule has 92 valence electrons.